The molecule has 0 amide bonds. The quantitative estimate of drug-likeness (QED) is 0.803. The number of ether oxygens (including phenoxy) is 1. The smallest absolute Gasteiger partial charge is 0.119 e. The van der Waals surface area contributed by atoms with Gasteiger partial charge in [-0.05, 0) is 37.1 Å². The van der Waals surface area contributed by atoms with Crippen molar-refractivity contribution in [1.29, 1.82) is 0 Å². The third-order valence-corrected chi connectivity index (χ3v) is 3.23. The number of rotatable bonds is 8. The van der Waals surface area contributed by atoms with Crippen molar-refractivity contribution in [3.63, 3.8) is 0 Å². The highest BCUT2D eigenvalue weighted by Crippen LogP contribution is 2.10. The van der Waals surface area contributed by atoms with Gasteiger partial charge in [0.05, 0.1) is 6.20 Å². The molecular weight excluding hydrogens is 250 g/mol. The van der Waals surface area contributed by atoms with E-state index in [0.29, 0.717) is 12.6 Å². The number of likely N-dealkylation sites (N-methyl/N-ethyl adjacent to an activating group) is 1. The van der Waals surface area contributed by atoms with E-state index in [1.165, 1.54) is 5.56 Å². The molecule has 0 aliphatic rings. The maximum absolute atomic E-state index is 5.83. The van der Waals surface area contributed by atoms with Gasteiger partial charge in [-0.1, -0.05) is 25.1 Å². The number of aryl methyl sites for hydroxylation is 2. The fourth-order valence-electron chi connectivity index (χ4n) is 2.19. The molecule has 1 unspecified atom stereocenters. The summed E-state index contributed by atoms with van der Waals surface area (Å²) >= 11 is 0. The van der Waals surface area contributed by atoms with Crippen LogP contribution in [0.15, 0.2) is 42.7 Å². The summed E-state index contributed by atoms with van der Waals surface area (Å²) in [6.07, 6.45) is 6.07. The molecule has 0 spiro atoms. The lowest BCUT2D eigenvalue weighted by molar-refractivity contribution is 0.258. The third-order valence-electron chi connectivity index (χ3n) is 3.23. The first-order valence-electron chi connectivity index (χ1n) is 7.16. The third kappa shape index (κ3) is 4.70. The van der Waals surface area contributed by atoms with E-state index in [0.717, 1.165) is 25.1 Å². The Hall–Kier alpha value is -1.81. The number of aromatic nitrogens is 2. The Bertz CT molecular complexity index is 495. The normalized spacial score (nSPS) is 12.3. The zero-order valence-electron chi connectivity index (χ0n) is 12.2. The summed E-state index contributed by atoms with van der Waals surface area (Å²) in [5.74, 6) is 0.928. The Morgan fingerprint density at radius 3 is 2.75 bits per heavy atom. The number of hydrogen-bond acceptors (Lipinski definition) is 3. The highest BCUT2D eigenvalue weighted by molar-refractivity contribution is 5.20. The monoisotopic (exact) mass is 273 g/mol. The fourth-order valence-corrected chi connectivity index (χ4v) is 2.19. The summed E-state index contributed by atoms with van der Waals surface area (Å²) in [6, 6.07) is 10.3. The molecular formula is C16H23N3O. The summed E-state index contributed by atoms with van der Waals surface area (Å²) in [7, 11) is 1.95. The topological polar surface area (TPSA) is 39.1 Å². The van der Waals surface area contributed by atoms with Crippen LogP contribution < -0.4 is 10.1 Å². The van der Waals surface area contributed by atoms with E-state index in [4.69, 9.17) is 4.74 Å². The van der Waals surface area contributed by atoms with Crippen molar-refractivity contribution in [3.05, 3.63) is 48.3 Å². The lowest BCUT2D eigenvalue weighted by atomic mass is 10.1. The molecule has 4 nitrogen and oxygen atoms in total. The second-order valence-electron chi connectivity index (χ2n) is 4.94. The van der Waals surface area contributed by atoms with Crippen LogP contribution in [0.25, 0.3) is 0 Å². The van der Waals surface area contributed by atoms with Crippen molar-refractivity contribution < 1.29 is 4.74 Å². The Labute approximate surface area is 120 Å². The largest absolute Gasteiger partial charge is 0.492 e. The molecule has 0 aliphatic heterocycles. The standard InChI is InChI=1S/C16H23N3O/c1-3-17-15(10-9-14-11-18-19(2)12-14)13-20-16-7-5-4-6-8-16/h4-8,11-12,15,17H,3,9-10,13H2,1-2H3. The summed E-state index contributed by atoms with van der Waals surface area (Å²) < 4.78 is 7.68. The Morgan fingerprint density at radius 1 is 1.30 bits per heavy atom. The van der Waals surface area contributed by atoms with Crippen LogP contribution in [0, 0.1) is 0 Å². The van der Waals surface area contributed by atoms with Crippen molar-refractivity contribution in [1.82, 2.24) is 15.1 Å². The van der Waals surface area contributed by atoms with Gasteiger partial charge in [0.2, 0.25) is 0 Å². The molecule has 108 valence electrons. The van der Waals surface area contributed by atoms with Gasteiger partial charge >= 0.3 is 0 Å². The summed E-state index contributed by atoms with van der Waals surface area (Å²) in [6.45, 7) is 3.77. The molecule has 1 heterocycles. The van der Waals surface area contributed by atoms with Crippen molar-refractivity contribution in [3.8, 4) is 5.75 Å². The molecule has 1 atom stereocenters. The molecule has 0 aliphatic carbocycles. The van der Waals surface area contributed by atoms with E-state index in [9.17, 15) is 0 Å². The van der Waals surface area contributed by atoms with Crippen LogP contribution >= 0.6 is 0 Å². The van der Waals surface area contributed by atoms with Crippen LogP contribution in [-0.4, -0.2) is 29.0 Å². The van der Waals surface area contributed by atoms with E-state index >= 15 is 0 Å². The molecule has 1 aromatic heterocycles. The van der Waals surface area contributed by atoms with Crippen molar-refractivity contribution in [2.75, 3.05) is 13.2 Å². The molecule has 0 fully saturated rings. The van der Waals surface area contributed by atoms with Gasteiger partial charge in [-0.2, -0.15) is 5.10 Å². The molecule has 2 rings (SSSR count). The van der Waals surface area contributed by atoms with Crippen molar-refractivity contribution in [2.24, 2.45) is 7.05 Å². The molecule has 0 saturated heterocycles. The van der Waals surface area contributed by atoms with Crippen LogP contribution in [0.3, 0.4) is 0 Å². The van der Waals surface area contributed by atoms with E-state index in [1.807, 2.05) is 48.3 Å². The Balaban J connectivity index is 1.80. The van der Waals surface area contributed by atoms with Gasteiger partial charge in [0, 0.05) is 19.3 Å². The van der Waals surface area contributed by atoms with Crippen LogP contribution in [0.4, 0.5) is 0 Å². The second-order valence-corrected chi connectivity index (χ2v) is 4.94. The van der Waals surface area contributed by atoms with Gasteiger partial charge in [-0.25, -0.2) is 0 Å². The van der Waals surface area contributed by atoms with E-state index in [1.54, 1.807) is 0 Å². The molecule has 0 bridgehead atoms. The predicted octanol–water partition coefficient (Wildman–Crippen LogP) is 2.41. The van der Waals surface area contributed by atoms with Gasteiger partial charge < -0.3 is 10.1 Å². The summed E-state index contributed by atoms with van der Waals surface area (Å²) in [4.78, 5) is 0. The number of hydrogen-bond donors (Lipinski definition) is 1. The number of benzene rings is 1. The van der Waals surface area contributed by atoms with Gasteiger partial charge in [0.15, 0.2) is 0 Å². The average Bonchev–Trinajstić information content (AvgIpc) is 2.89. The molecule has 1 N–H and O–H groups in total. The molecule has 20 heavy (non-hydrogen) atoms. The van der Waals surface area contributed by atoms with E-state index < -0.39 is 0 Å². The van der Waals surface area contributed by atoms with E-state index in [2.05, 4.69) is 23.5 Å². The number of para-hydroxylation sites is 1. The van der Waals surface area contributed by atoms with E-state index in [-0.39, 0.29) is 0 Å². The first-order valence-corrected chi connectivity index (χ1v) is 7.16. The van der Waals surface area contributed by atoms with Crippen molar-refractivity contribution in [2.45, 2.75) is 25.8 Å². The molecule has 0 radical (unpaired) electrons. The zero-order valence-corrected chi connectivity index (χ0v) is 12.2. The van der Waals surface area contributed by atoms with Crippen LogP contribution in [-0.2, 0) is 13.5 Å². The van der Waals surface area contributed by atoms with Gasteiger partial charge in [0.25, 0.3) is 0 Å². The Morgan fingerprint density at radius 2 is 2.10 bits per heavy atom. The first-order chi connectivity index (χ1) is 9.78. The lowest BCUT2D eigenvalue weighted by Crippen LogP contribution is -2.35. The maximum Gasteiger partial charge on any atom is 0.119 e. The van der Waals surface area contributed by atoms with Crippen LogP contribution in [0.2, 0.25) is 0 Å². The summed E-state index contributed by atoms with van der Waals surface area (Å²) in [5, 5.41) is 7.68. The molecule has 4 heteroatoms. The van der Waals surface area contributed by atoms with Gasteiger partial charge in [-0.15, -0.1) is 0 Å². The molecule has 1 aromatic carbocycles. The minimum Gasteiger partial charge on any atom is -0.492 e. The Kier molecular flexibility index (Phi) is 5.62. The second kappa shape index (κ2) is 7.70. The van der Waals surface area contributed by atoms with Crippen LogP contribution in [0.1, 0.15) is 18.9 Å². The zero-order chi connectivity index (χ0) is 14.2. The SMILES string of the molecule is CCNC(CCc1cnn(C)c1)COc1ccccc1. The lowest BCUT2D eigenvalue weighted by Gasteiger charge is -2.18. The average molecular weight is 273 g/mol. The minimum atomic E-state index is 0.361. The predicted molar refractivity (Wildman–Crippen MR) is 80.9 cm³/mol. The minimum absolute atomic E-state index is 0.361. The maximum atomic E-state index is 5.83. The summed E-state index contributed by atoms with van der Waals surface area (Å²) in [5.41, 5.74) is 1.27. The van der Waals surface area contributed by atoms with Gasteiger partial charge in [0.1, 0.15) is 12.4 Å². The highest BCUT2D eigenvalue weighted by Gasteiger charge is 2.09. The first kappa shape index (κ1) is 14.6. The fraction of sp³-hybridized carbons (Fsp3) is 0.438. The van der Waals surface area contributed by atoms with Crippen LogP contribution in [0.5, 0.6) is 5.75 Å². The number of nitrogens with zero attached hydrogens (tertiary/aromatic N) is 2. The molecule has 2 aromatic rings. The number of nitrogens with one attached hydrogen (secondary N) is 1. The molecule has 0 saturated carbocycles. The highest BCUT2D eigenvalue weighted by atomic mass is 16.5. The van der Waals surface area contributed by atoms with Crippen molar-refractivity contribution >= 4 is 0 Å². The van der Waals surface area contributed by atoms with Gasteiger partial charge in [-0.3, -0.25) is 4.68 Å².